The number of carbonyl (C=O) groups is 1. The van der Waals surface area contributed by atoms with Crippen molar-refractivity contribution in [3.05, 3.63) is 47.7 Å². The zero-order valence-corrected chi connectivity index (χ0v) is 13.2. The fourth-order valence-corrected chi connectivity index (χ4v) is 3.63. The molecular weight excluding hydrogens is 310 g/mol. The molecule has 0 aliphatic rings. The van der Waals surface area contributed by atoms with E-state index in [1.807, 2.05) is 12.1 Å². The molecule has 0 aliphatic carbocycles. The normalized spacial score (nSPS) is 11.2. The average Bonchev–Trinajstić information content (AvgIpc) is 3.21. The van der Waals surface area contributed by atoms with Crippen LogP contribution < -0.4 is 0 Å². The van der Waals surface area contributed by atoms with Crippen LogP contribution in [-0.4, -0.2) is 27.5 Å². The summed E-state index contributed by atoms with van der Waals surface area (Å²) in [6, 6.07) is 8.15. The van der Waals surface area contributed by atoms with Gasteiger partial charge in [-0.3, -0.25) is 0 Å². The minimum atomic E-state index is -0.367. The Balaban J connectivity index is 2.02. The van der Waals surface area contributed by atoms with Crippen LogP contribution in [0, 0.1) is 0 Å². The number of fused-ring (bicyclic) bond motifs is 2. The number of ether oxygens (including phenoxy) is 1. The molecule has 23 heavy (non-hydrogen) atoms. The first-order chi connectivity index (χ1) is 11.3. The van der Waals surface area contributed by atoms with Crippen LogP contribution in [0.15, 0.2) is 42.2 Å². The number of benzene rings is 1. The highest BCUT2D eigenvalue weighted by Crippen LogP contribution is 2.35. The molecule has 6 heteroatoms. The lowest BCUT2D eigenvalue weighted by Crippen LogP contribution is -2.04. The molecule has 1 N–H and O–H groups in total. The smallest absolute Gasteiger partial charge is 0.340 e. The molecule has 1 aromatic carbocycles. The second kappa shape index (κ2) is 5.48. The van der Waals surface area contributed by atoms with Crippen LogP contribution in [-0.2, 0) is 4.74 Å². The Morgan fingerprint density at radius 2 is 2.22 bits per heavy atom. The maximum absolute atomic E-state index is 12.2. The minimum Gasteiger partial charge on any atom is -0.462 e. The summed E-state index contributed by atoms with van der Waals surface area (Å²) in [5.41, 5.74) is 2.83. The van der Waals surface area contributed by atoms with Crippen molar-refractivity contribution in [1.29, 1.82) is 0 Å². The number of hydrogen-bond donors (Lipinski definition) is 1. The van der Waals surface area contributed by atoms with Gasteiger partial charge in [0, 0.05) is 16.5 Å². The molecule has 3 aromatic heterocycles. The van der Waals surface area contributed by atoms with Crippen LogP contribution in [0.2, 0.25) is 0 Å². The molecule has 0 fully saturated rings. The van der Waals surface area contributed by atoms with Gasteiger partial charge in [0.15, 0.2) is 0 Å². The van der Waals surface area contributed by atoms with E-state index in [-0.39, 0.29) is 5.97 Å². The van der Waals surface area contributed by atoms with E-state index in [0.717, 1.165) is 21.3 Å². The summed E-state index contributed by atoms with van der Waals surface area (Å²) in [7, 11) is 0. The highest BCUT2D eigenvalue weighted by molar-refractivity contribution is 7.17. The first kappa shape index (κ1) is 13.9. The van der Waals surface area contributed by atoms with E-state index < -0.39 is 0 Å². The molecule has 4 aromatic rings. The Morgan fingerprint density at radius 1 is 1.30 bits per heavy atom. The molecule has 0 unspecified atom stereocenters. The van der Waals surface area contributed by atoms with Crippen LogP contribution in [0.25, 0.3) is 32.4 Å². The molecule has 3 heterocycles. The second-order valence-electron chi connectivity index (χ2n) is 5.01. The molecule has 0 aliphatic heterocycles. The standard InChI is InChI=1S/C17H13N3O2S/c1-2-22-17(21)12-8-18-16-13(12)14(19-9-20-16)11-5-3-4-10-6-7-23-15(10)11/h3-9H,2H2,1H3,(H,18,19,20). The highest BCUT2D eigenvalue weighted by atomic mass is 32.1. The molecule has 0 saturated carbocycles. The third-order valence-corrected chi connectivity index (χ3v) is 4.66. The molecule has 0 spiro atoms. The first-order valence-corrected chi connectivity index (χ1v) is 8.13. The molecule has 5 nitrogen and oxygen atoms in total. The van der Waals surface area contributed by atoms with Crippen LogP contribution in [0.4, 0.5) is 0 Å². The number of aromatic nitrogens is 3. The molecule has 4 rings (SSSR count). The van der Waals surface area contributed by atoms with Gasteiger partial charge in [0.05, 0.1) is 23.3 Å². The van der Waals surface area contributed by atoms with E-state index in [9.17, 15) is 4.79 Å². The molecule has 0 radical (unpaired) electrons. The van der Waals surface area contributed by atoms with Gasteiger partial charge in [0.25, 0.3) is 0 Å². The Bertz CT molecular complexity index is 1020. The zero-order valence-electron chi connectivity index (χ0n) is 12.4. The average molecular weight is 323 g/mol. The van der Waals surface area contributed by atoms with Crippen molar-refractivity contribution >= 4 is 38.4 Å². The zero-order chi connectivity index (χ0) is 15.8. The monoisotopic (exact) mass is 323 g/mol. The quantitative estimate of drug-likeness (QED) is 0.578. The van der Waals surface area contributed by atoms with E-state index in [2.05, 4.69) is 32.5 Å². The van der Waals surface area contributed by atoms with E-state index in [0.29, 0.717) is 23.2 Å². The second-order valence-corrected chi connectivity index (χ2v) is 5.93. The maximum Gasteiger partial charge on any atom is 0.340 e. The SMILES string of the molecule is CCOC(=O)c1c[nH]c2ncnc(-c3cccc4ccsc34)c12. The van der Waals surface area contributed by atoms with Crippen molar-refractivity contribution in [2.45, 2.75) is 6.92 Å². The van der Waals surface area contributed by atoms with Crippen LogP contribution in [0.3, 0.4) is 0 Å². The lowest BCUT2D eigenvalue weighted by Gasteiger charge is -2.06. The van der Waals surface area contributed by atoms with Crippen molar-refractivity contribution in [3.8, 4) is 11.3 Å². The van der Waals surface area contributed by atoms with Crippen LogP contribution >= 0.6 is 11.3 Å². The van der Waals surface area contributed by atoms with E-state index in [1.165, 1.54) is 6.33 Å². The molecular formula is C17H13N3O2S. The minimum absolute atomic E-state index is 0.328. The van der Waals surface area contributed by atoms with Gasteiger partial charge in [-0.05, 0) is 23.8 Å². The van der Waals surface area contributed by atoms with Crippen molar-refractivity contribution in [2.24, 2.45) is 0 Å². The summed E-state index contributed by atoms with van der Waals surface area (Å²) in [4.78, 5) is 23.9. The number of thiophene rings is 1. The lowest BCUT2D eigenvalue weighted by atomic mass is 10.0. The van der Waals surface area contributed by atoms with Gasteiger partial charge in [-0.25, -0.2) is 14.8 Å². The van der Waals surface area contributed by atoms with Gasteiger partial charge < -0.3 is 9.72 Å². The summed E-state index contributed by atoms with van der Waals surface area (Å²) >= 11 is 1.66. The number of aromatic amines is 1. The first-order valence-electron chi connectivity index (χ1n) is 7.25. The largest absolute Gasteiger partial charge is 0.462 e. The van der Waals surface area contributed by atoms with Crippen LogP contribution in [0.5, 0.6) is 0 Å². The number of rotatable bonds is 3. The number of hydrogen-bond acceptors (Lipinski definition) is 5. The number of nitrogens with one attached hydrogen (secondary N) is 1. The van der Waals surface area contributed by atoms with Gasteiger partial charge in [-0.2, -0.15) is 0 Å². The molecule has 0 amide bonds. The predicted molar refractivity (Wildman–Crippen MR) is 90.7 cm³/mol. The molecule has 0 atom stereocenters. The molecule has 114 valence electrons. The van der Waals surface area contributed by atoms with Crippen molar-refractivity contribution in [3.63, 3.8) is 0 Å². The van der Waals surface area contributed by atoms with E-state index >= 15 is 0 Å². The number of carbonyl (C=O) groups excluding carboxylic acids is 1. The van der Waals surface area contributed by atoms with Gasteiger partial charge in [-0.1, -0.05) is 18.2 Å². The Morgan fingerprint density at radius 3 is 3.09 bits per heavy atom. The highest BCUT2D eigenvalue weighted by Gasteiger charge is 2.20. The van der Waals surface area contributed by atoms with Gasteiger partial charge in [0.2, 0.25) is 0 Å². The Labute approximate surface area is 136 Å². The Kier molecular flexibility index (Phi) is 3.31. The fourth-order valence-electron chi connectivity index (χ4n) is 2.72. The lowest BCUT2D eigenvalue weighted by molar-refractivity contribution is 0.0528. The van der Waals surface area contributed by atoms with Gasteiger partial charge in [0.1, 0.15) is 12.0 Å². The summed E-state index contributed by atoms with van der Waals surface area (Å²) in [5, 5.41) is 3.91. The number of esters is 1. The predicted octanol–water partition coefficient (Wildman–Crippen LogP) is 4.02. The fraction of sp³-hybridized carbons (Fsp3) is 0.118. The Hall–Kier alpha value is -2.73. The summed E-state index contributed by atoms with van der Waals surface area (Å²) in [6.07, 6.45) is 3.14. The van der Waals surface area contributed by atoms with E-state index in [4.69, 9.17) is 4.74 Å². The van der Waals surface area contributed by atoms with Crippen molar-refractivity contribution < 1.29 is 9.53 Å². The topological polar surface area (TPSA) is 67.9 Å². The summed E-state index contributed by atoms with van der Waals surface area (Å²) in [6.45, 7) is 2.12. The van der Waals surface area contributed by atoms with E-state index in [1.54, 1.807) is 24.5 Å². The number of H-pyrrole nitrogens is 1. The third-order valence-electron chi connectivity index (χ3n) is 3.70. The third kappa shape index (κ3) is 2.19. The summed E-state index contributed by atoms with van der Waals surface area (Å²) in [5.74, 6) is -0.367. The van der Waals surface area contributed by atoms with Crippen molar-refractivity contribution in [2.75, 3.05) is 6.61 Å². The molecule has 0 saturated heterocycles. The number of nitrogens with zero attached hydrogens (tertiary/aromatic N) is 2. The van der Waals surface area contributed by atoms with Crippen LogP contribution in [0.1, 0.15) is 17.3 Å². The maximum atomic E-state index is 12.2. The van der Waals surface area contributed by atoms with Crippen molar-refractivity contribution in [1.82, 2.24) is 15.0 Å². The summed E-state index contributed by atoms with van der Waals surface area (Å²) < 4.78 is 6.29. The van der Waals surface area contributed by atoms with Gasteiger partial charge in [-0.15, -0.1) is 11.3 Å². The molecule has 0 bridgehead atoms. The van der Waals surface area contributed by atoms with Gasteiger partial charge >= 0.3 is 5.97 Å².